The molecule has 1 aliphatic rings. The number of aliphatic carboxylic acids is 1. The molecule has 8 nitrogen and oxygen atoms in total. The number of pyridine rings is 1. The number of carboxylic acid groups (broad SMARTS) is 1. The second-order valence-electron chi connectivity index (χ2n) is 8.41. The first-order chi connectivity index (χ1) is 17.1. The molecule has 0 unspecified atom stereocenters. The van der Waals surface area contributed by atoms with E-state index in [1.165, 1.54) is 23.5 Å². The number of amides is 2. The molecule has 1 saturated carbocycles. The lowest BCUT2D eigenvalue weighted by atomic mass is 10.0. The first-order valence-corrected chi connectivity index (χ1v) is 11.9. The first kappa shape index (κ1) is 25.6. The van der Waals surface area contributed by atoms with Crippen molar-refractivity contribution >= 4 is 34.8 Å². The van der Waals surface area contributed by atoms with Crippen LogP contribution in [0.5, 0.6) is 0 Å². The summed E-state index contributed by atoms with van der Waals surface area (Å²) in [6, 6.07) is 6.92. The Bertz CT molecular complexity index is 1250. The van der Waals surface area contributed by atoms with Gasteiger partial charge in [0.2, 0.25) is 0 Å². The second kappa shape index (κ2) is 10.2. The molecule has 0 saturated heterocycles. The van der Waals surface area contributed by atoms with Gasteiger partial charge in [0.25, 0.3) is 0 Å². The summed E-state index contributed by atoms with van der Waals surface area (Å²) in [5.41, 5.74) is -0.0633. The van der Waals surface area contributed by atoms with Crippen LogP contribution < -0.4 is 10.6 Å². The van der Waals surface area contributed by atoms with E-state index in [0.29, 0.717) is 12.8 Å². The van der Waals surface area contributed by atoms with Gasteiger partial charge in [0.05, 0.1) is 16.1 Å². The van der Waals surface area contributed by atoms with E-state index in [9.17, 15) is 22.8 Å². The van der Waals surface area contributed by atoms with Crippen LogP contribution in [-0.2, 0) is 21.3 Å². The Labute approximate surface area is 208 Å². The highest BCUT2D eigenvalue weighted by Gasteiger charge is 2.40. The molecule has 3 aromatic rings. The summed E-state index contributed by atoms with van der Waals surface area (Å²) in [5.74, 6) is -0.818. The molecule has 3 N–H and O–H groups in total. The Morgan fingerprint density at radius 1 is 1.17 bits per heavy atom. The number of hydrogen-bond donors (Lipinski definition) is 3. The number of nitrogens with zero attached hydrogens (tertiary/aromatic N) is 2. The standard InChI is InChI=1S/C24H23F3N4O4S/c1-14-20(36-21(29-14)23(9-2-3-10-23)35-13-19(32)33)15-7-8-18(28-12-15)31-22(34)30-17-6-4-5-16(11-17)24(25,26)27/h4-8,11-12H,2-3,9-10,13H2,1H3,(H,32,33)(H2,28,30,31,34). The molecule has 1 fully saturated rings. The average Bonchev–Trinajstić information content (AvgIpc) is 3.45. The van der Waals surface area contributed by atoms with Gasteiger partial charge in [0.1, 0.15) is 23.0 Å². The van der Waals surface area contributed by atoms with Crippen molar-refractivity contribution in [1.82, 2.24) is 9.97 Å². The van der Waals surface area contributed by atoms with Crippen LogP contribution in [0.4, 0.5) is 29.5 Å². The molecule has 12 heteroatoms. The first-order valence-electron chi connectivity index (χ1n) is 11.1. The largest absolute Gasteiger partial charge is 0.480 e. The van der Waals surface area contributed by atoms with Gasteiger partial charge in [-0.3, -0.25) is 5.32 Å². The van der Waals surface area contributed by atoms with Gasteiger partial charge in [-0.15, -0.1) is 11.3 Å². The van der Waals surface area contributed by atoms with Crippen LogP contribution in [-0.4, -0.2) is 33.7 Å². The number of carboxylic acids is 1. The minimum atomic E-state index is -4.51. The third-order valence-corrected chi connectivity index (χ3v) is 7.18. The zero-order valence-electron chi connectivity index (χ0n) is 19.2. The van der Waals surface area contributed by atoms with Crippen molar-refractivity contribution in [2.24, 2.45) is 0 Å². The number of rotatable bonds is 7. The zero-order chi connectivity index (χ0) is 25.9. The molecular formula is C24H23F3N4O4S. The summed E-state index contributed by atoms with van der Waals surface area (Å²) in [6.07, 6.45) is 0.309. The van der Waals surface area contributed by atoms with Gasteiger partial charge in [-0.1, -0.05) is 18.9 Å². The van der Waals surface area contributed by atoms with Crippen LogP contribution in [0.2, 0.25) is 0 Å². The van der Waals surface area contributed by atoms with Crippen molar-refractivity contribution < 1.29 is 32.6 Å². The van der Waals surface area contributed by atoms with E-state index >= 15 is 0 Å². The van der Waals surface area contributed by atoms with Gasteiger partial charge >= 0.3 is 18.2 Å². The average molecular weight is 521 g/mol. The van der Waals surface area contributed by atoms with Crippen LogP contribution in [0, 0.1) is 6.92 Å². The van der Waals surface area contributed by atoms with Crippen LogP contribution in [0.15, 0.2) is 42.6 Å². The number of ether oxygens (including phenoxy) is 1. The van der Waals surface area contributed by atoms with Crippen LogP contribution in [0.3, 0.4) is 0 Å². The lowest BCUT2D eigenvalue weighted by molar-refractivity contribution is -0.150. The normalized spacial score (nSPS) is 15.0. The number of carbonyl (C=O) groups excluding carboxylic acids is 1. The fourth-order valence-corrected chi connectivity index (χ4v) is 5.34. The maximum absolute atomic E-state index is 12.9. The van der Waals surface area contributed by atoms with E-state index in [0.717, 1.165) is 46.1 Å². The number of carbonyl (C=O) groups is 2. The number of aromatic nitrogens is 2. The predicted octanol–water partition coefficient (Wildman–Crippen LogP) is 6.05. The summed E-state index contributed by atoms with van der Waals surface area (Å²) < 4.78 is 44.4. The Morgan fingerprint density at radius 3 is 2.56 bits per heavy atom. The van der Waals surface area contributed by atoms with Crippen molar-refractivity contribution in [3.63, 3.8) is 0 Å². The topological polar surface area (TPSA) is 113 Å². The van der Waals surface area contributed by atoms with Gasteiger partial charge in [0, 0.05) is 17.4 Å². The molecule has 0 radical (unpaired) electrons. The monoisotopic (exact) mass is 520 g/mol. The summed E-state index contributed by atoms with van der Waals surface area (Å²) in [6.45, 7) is 1.46. The fraction of sp³-hybridized carbons (Fsp3) is 0.333. The maximum atomic E-state index is 12.9. The Balaban J connectivity index is 1.45. The number of aryl methyl sites for hydroxylation is 1. The number of halogens is 3. The number of hydrogen-bond acceptors (Lipinski definition) is 6. The number of nitrogens with one attached hydrogen (secondary N) is 2. The van der Waals surface area contributed by atoms with Gasteiger partial charge in [0.15, 0.2) is 0 Å². The van der Waals surface area contributed by atoms with Crippen LogP contribution in [0.1, 0.15) is 41.9 Å². The molecule has 1 aromatic carbocycles. The molecule has 2 heterocycles. The van der Waals surface area contributed by atoms with E-state index in [4.69, 9.17) is 9.84 Å². The van der Waals surface area contributed by atoms with Crippen LogP contribution in [0.25, 0.3) is 10.4 Å². The smallest absolute Gasteiger partial charge is 0.416 e. The van der Waals surface area contributed by atoms with Gasteiger partial charge in [-0.05, 0) is 50.1 Å². The molecule has 0 spiro atoms. The quantitative estimate of drug-likeness (QED) is 0.350. The molecule has 36 heavy (non-hydrogen) atoms. The van der Waals surface area contributed by atoms with E-state index in [-0.39, 0.29) is 11.5 Å². The zero-order valence-corrected chi connectivity index (χ0v) is 20.0. The molecule has 1 aliphatic carbocycles. The maximum Gasteiger partial charge on any atom is 0.416 e. The lowest BCUT2D eigenvalue weighted by Gasteiger charge is -2.26. The van der Waals surface area contributed by atoms with Gasteiger partial charge in [-0.25, -0.2) is 19.6 Å². The molecule has 2 amide bonds. The second-order valence-corrected chi connectivity index (χ2v) is 9.41. The molecule has 4 rings (SSSR count). The Morgan fingerprint density at radius 2 is 1.92 bits per heavy atom. The Kier molecular flexibility index (Phi) is 7.27. The number of thiazole rings is 1. The van der Waals surface area contributed by atoms with Gasteiger partial charge in [-0.2, -0.15) is 13.2 Å². The summed E-state index contributed by atoms with van der Waals surface area (Å²) in [5, 5.41) is 14.6. The van der Waals surface area contributed by atoms with Crippen molar-refractivity contribution in [2.75, 3.05) is 17.2 Å². The van der Waals surface area contributed by atoms with E-state index < -0.39 is 35.9 Å². The SMILES string of the molecule is Cc1nc(C2(OCC(=O)O)CCCC2)sc1-c1ccc(NC(=O)Nc2cccc(C(F)(F)F)c2)nc1. The van der Waals surface area contributed by atoms with Gasteiger partial charge < -0.3 is 15.2 Å². The van der Waals surface area contributed by atoms with Crippen molar-refractivity contribution in [3.05, 3.63) is 58.9 Å². The van der Waals surface area contributed by atoms with E-state index in [1.54, 1.807) is 18.3 Å². The molecule has 190 valence electrons. The van der Waals surface area contributed by atoms with E-state index in [1.807, 2.05) is 6.92 Å². The van der Waals surface area contributed by atoms with E-state index in [2.05, 4.69) is 20.6 Å². The molecular weight excluding hydrogens is 497 g/mol. The molecule has 0 aliphatic heterocycles. The highest BCUT2D eigenvalue weighted by molar-refractivity contribution is 7.15. The number of alkyl halides is 3. The summed E-state index contributed by atoms with van der Waals surface area (Å²) in [7, 11) is 0. The number of anilines is 2. The van der Waals surface area contributed by atoms with Crippen molar-refractivity contribution in [1.29, 1.82) is 0 Å². The minimum absolute atomic E-state index is 0.00211. The third-order valence-electron chi connectivity index (χ3n) is 5.78. The van der Waals surface area contributed by atoms with Crippen molar-refractivity contribution in [2.45, 2.75) is 44.4 Å². The Hall–Kier alpha value is -3.51. The summed E-state index contributed by atoms with van der Waals surface area (Å²) >= 11 is 1.42. The molecule has 2 aromatic heterocycles. The van der Waals surface area contributed by atoms with Crippen LogP contribution >= 0.6 is 11.3 Å². The fourth-order valence-electron chi connectivity index (χ4n) is 4.08. The lowest BCUT2D eigenvalue weighted by Crippen LogP contribution is -2.28. The minimum Gasteiger partial charge on any atom is -0.480 e. The highest BCUT2D eigenvalue weighted by atomic mass is 32.1. The molecule has 0 atom stereocenters. The van der Waals surface area contributed by atoms with Crippen molar-refractivity contribution in [3.8, 4) is 10.4 Å². The number of urea groups is 1. The predicted molar refractivity (Wildman–Crippen MR) is 128 cm³/mol. The summed E-state index contributed by atoms with van der Waals surface area (Å²) in [4.78, 5) is 33.1. The number of benzene rings is 1. The molecule has 0 bridgehead atoms. The third kappa shape index (κ3) is 5.82. The highest BCUT2D eigenvalue weighted by Crippen LogP contribution is 2.46.